The van der Waals surface area contributed by atoms with Gasteiger partial charge >= 0.3 is 5.97 Å². The molecule has 20 heavy (non-hydrogen) atoms. The van der Waals surface area contributed by atoms with Crippen LogP contribution in [-0.4, -0.2) is 23.3 Å². The maximum atomic E-state index is 14.1. The quantitative estimate of drug-likeness (QED) is 0.897. The highest BCUT2D eigenvalue weighted by Gasteiger charge is 2.44. The molecule has 110 valence electrons. The second-order valence-electron chi connectivity index (χ2n) is 5.05. The molecule has 6 heteroatoms. The lowest BCUT2D eigenvalue weighted by molar-refractivity contribution is -0.145. The maximum absolute atomic E-state index is 14.1. The molecule has 0 spiro atoms. The van der Waals surface area contributed by atoms with Gasteiger partial charge in [-0.2, -0.15) is 4.39 Å². The molecule has 0 aliphatic heterocycles. The standard InChI is InChI=1S/C14H16ClFO4/c1-20-12-8(7-9(15)11(17)10(12)16)14(13(18)19)5-3-2-4-6-14/h7,17H,2-6H2,1H3,(H,18,19). The van der Waals surface area contributed by atoms with Crippen LogP contribution >= 0.6 is 11.6 Å². The number of methoxy groups -OCH3 is 1. The van der Waals surface area contributed by atoms with Crippen LogP contribution in [0.25, 0.3) is 0 Å². The number of aromatic hydroxyl groups is 1. The zero-order valence-corrected chi connectivity index (χ0v) is 11.8. The molecule has 0 aromatic heterocycles. The Hall–Kier alpha value is -1.49. The van der Waals surface area contributed by atoms with Crippen molar-refractivity contribution in [2.24, 2.45) is 0 Å². The first kappa shape index (κ1) is 14.9. The van der Waals surface area contributed by atoms with E-state index in [1.54, 1.807) is 0 Å². The van der Waals surface area contributed by atoms with E-state index in [-0.39, 0.29) is 16.3 Å². The van der Waals surface area contributed by atoms with Crippen LogP contribution < -0.4 is 4.74 Å². The number of carboxylic acid groups (broad SMARTS) is 1. The first-order chi connectivity index (χ1) is 9.44. The van der Waals surface area contributed by atoms with Gasteiger partial charge in [0.05, 0.1) is 17.5 Å². The van der Waals surface area contributed by atoms with Crippen molar-refractivity contribution in [2.75, 3.05) is 7.11 Å². The predicted octanol–water partition coefficient (Wildman–Crippen LogP) is 3.48. The number of carbonyl (C=O) groups is 1. The van der Waals surface area contributed by atoms with Crippen LogP contribution in [0.5, 0.6) is 11.5 Å². The number of phenolic OH excluding ortho intramolecular Hbond substituents is 1. The molecule has 4 nitrogen and oxygen atoms in total. The molecule has 1 aromatic rings. The molecular weight excluding hydrogens is 287 g/mol. The number of rotatable bonds is 3. The van der Waals surface area contributed by atoms with Crippen LogP contribution in [0, 0.1) is 5.82 Å². The van der Waals surface area contributed by atoms with Crippen LogP contribution in [0.4, 0.5) is 4.39 Å². The molecule has 0 heterocycles. The second kappa shape index (κ2) is 5.48. The van der Waals surface area contributed by atoms with E-state index in [1.807, 2.05) is 0 Å². The highest BCUT2D eigenvalue weighted by Crippen LogP contribution is 2.47. The van der Waals surface area contributed by atoms with Gasteiger partial charge < -0.3 is 14.9 Å². The topological polar surface area (TPSA) is 66.8 Å². The van der Waals surface area contributed by atoms with Crippen molar-refractivity contribution in [1.29, 1.82) is 0 Å². The Morgan fingerprint density at radius 1 is 1.40 bits per heavy atom. The molecule has 0 atom stereocenters. The lowest BCUT2D eigenvalue weighted by atomic mass is 9.69. The summed E-state index contributed by atoms with van der Waals surface area (Å²) in [6.07, 6.45) is 3.25. The molecule has 0 saturated heterocycles. The summed E-state index contributed by atoms with van der Waals surface area (Å²) in [6, 6.07) is 1.30. The number of benzene rings is 1. The Labute approximate surface area is 121 Å². The van der Waals surface area contributed by atoms with E-state index in [1.165, 1.54) is 13.2 Å². The first-order valence-corrected chi connectivity index (χ1v) is 6.80. The zero-order chi connectivity index (χ0) is 14.9. The fourth-order valence-corrected chi connectivity index (χ4v) is 3.09. The summed E-state index contributed by atoms with van der Waals surface area (Å²) in [6.45, 7) is 0. The van der Waals surface area contributed by atoms with Crippen LogP contribution in [0.3, 0.4) is 0 Å². The van der Waals surface area contributed by atoms with Crippen LogP contribution in [0.1, 0.15) is 37.7 Å². The lowest BCUT2D eigenvalue weighted by Crippen LogP contribution is -2.38. The molecule has 1 fully saturated rings. The minimum atomic E-state index is -1.21. The van der Waals surface area contributed by atoms with Crippen molar-refractivity contribution in [3.05, 3.63) is 22.5 Å². The van der Waals surface area contributed by atoms with Gasteiger partial charge in [0.1, 0.15) is 0 Å². The van der Waals surface area contributed by atoms with E-state index >= 15 is 0 Å². The predicted molar refractivity (Wildman–Crippen MR) is 72.0 cm³/mol. The third kappa shape index (κ3) is 2.20. The van der Waals surface area contributed by atoms with Gasteiger partial charge in [0.2, 0.25) is 5.82 Å². The summed E-state index contributed by atoms with van der Waals surface area (Å²) in [5.41, 5.74) is -1.01. The first-order valence-electron chi connectivity index (χ1n) is 6.43. The van der Waals surface area contributed by atoms with E-state index in [2.05, 4.69) is 0 Å². The Morgan fingerprint density at radius 2 is 2.00 bits per heavy atom. The van der Waals surface area contributed by atoms with Gasteiger partial charge in [-0.15, -0.1) is 0 Å². The van der Waals surface area contributed by atoms with Crippen molar-refractivity contribution in [3.63, 3.8) is 0 Å². The molecule has 2 N–H and O–H groups in total. The van der Waals surface area contributed by atoms with Crippen molar-refractivity contribution in [3.8, 4) is 11.5 Å². The van der Waals surface area contributed by atoms with E-state index in [4.69, 9.17) is 16.3 Å². The summed E-state index contributed by atoms with van der Waals surface area (Å²) in [5.74, 6) is -2.99. The maximum Gasteiger partial charge on any atom is 0.314 e. The summed E-state index contributed by atoms with van der Waals surface area (Å²) >= 11 is 5.80. The number of halogens is 2. The fourth-order valence-electron chi connectivity index (χ4n) is 2.90. The van der Waals surface area contributed by atoms with E-state index in [0.717, 1.165) is 19.3 Å². The number of phenols is 1. The Kier molecular flexibility index (Phi) is 4.09. The SMILES string of the molecule is COc1c(C2(C(=O)O)CCCCC2)cc(Cl)c(O)c1F. The molecule has 1 aliphatic carbocycles. The average molecular weight is 303 g/mol. The molecule has 1 saturated carbocycles. The van der Waals surface area contributed by atoms with Crippen molar-refractivity contribution >= 4 is 17.6 Å². The van der Waals surface area contributed by atoms with Gasteiger partial charge in [-0.25, -0.2) is 0 Å². The van der Waals surface area contributed by atoms with E-state index in [0.29, 0.717) is 12.8 Å². The van der Waals surface area contributed by atoms with Crippen molar-refractivity contribution < 1.29 is 24.1 Å². The number of carboxylic acids is 1. The third-order valence-electron chi connectivity index (χ3n) is 3.99. The van der Waals surface area contributed by atoms with Gasteiger partial charge in [0.25, 0.3) is 0 Å². The lowest BCUT2D eigenvalue weighted by Gasteiger charge is -2.34. The zero-order valence-electron chi connectivity index (χ0n) is 11.1. The Balaban J connectivity index is 2.68. The fraction of sp³-hybridized carbons (Fsp3) is 0.500. The summed E-state index contributed by atoms with van der Waals surface area (Å²) in [7, 11) is 1.24. The van der Waals surface area contributed by atoms with Crippen LogP contribution in [0.2, 0.25) is 5.02 Å². The summed E-state index contributed by atoms with van der Waals surface area (Å²) in [5, 5.41) is 19.0. The monoisotopic (exact) mass is 302 g/mol. The third-order valence-corrected chi connectivity index (χ3v) is 4.27. The average Bonchev–Trinajstić information content (AvgIpc) is 2.45. The Bertz CT molecular complexity index is 538. The number of aliphatic carboxylic acids is 1. The number of hydrogen-bond donors (Lipinski definition) is 2. The largest absolute Gasteiger partial charge is 0.504 e. The molecule has 0 radical (unpaired) electrons. The molecule has 2 rings (SSSR count). The molecule has 1 aromatic carbocycles. The molecule has 0 amide bonds. The van der Waals surface area contributed by atoms with Gasteiger partial charge in [-0.1, -0.05) is 30.9 Å². The number of ether oxygens (including phenoxy) is 1. The smallest absolute Gasteiger partial charge is 0.314 e. The number of hydrogen-bond acceptors (Lipinski definition) is 3. The highest BCUT2D eigenvalue weighted by molar-refractivity contribution is 6.32. The molecule has 0 bridgehead atoms. The van der Waals surface area contributed by atoms with Gasteiger partial charge in [-0.3, -0.25) is 4.79 Å². The van der Waals surface area contributed by atoms with Gasteiger partial charge in [-0.05, 0) is 18.9 Å². The molecular formula is C14H16ClFO4. The van der Waals surface area contributed by atoms with Crippen LogP contribution in [-0.2, 0) is 10.2 Å². The van der Waals surface area contributed by atoms with Gasteiger partial charge in [0, 0.05) is 5.56 Å². The highest BCUT2D eigenvalue weighted by atomic mass is 35.5. The second-order valence-corrected chi connectivity index (χ2v) is 5.46. The van der Waals surface area contributed by atoms with Crippen LogP contribution in [0.15, 0.2) is 6.07 Å². The van der Waals surface area contributed by atoms with Gasteiger partial charge in [0.15, 0.2) is 11.5 Å². The van der Waals surface area contributed by atoms with Crippen molar-refractivity contribution in [1.82, 2.24) is 0 Å². The molecule has 0 unspecified atom stereocenters. The minimum absolute atomic E-state index is 0.201. The van der Waals surface area contributed by atoms with Crippen molar-refractivity contribution in [2.45, 2.75) is 37.5 Å². The summed E-state index contributed by atoms with van der Waals surface area (Å²) < 4.78 is 19.0. The summed E-state index contributed by atoms with van der Waals surface area (Å²) in [4.78, 5) is 11.8. The minimum Gasteiger partial charge on any atom is -0.504 e. The van der Waals surface area contributed by atoms with E-state index in [9.17, 15) is 19.4 Å². The normalized spacial score (nSPS) is 17.8. The van der Waals surface area contributed by atoms with E-state index < -0.39 is 23.0 Å². The Morgan fingerprint density at radius 3 is 2.50 bits per heavy atom. The molecule has 1 aliphatic rings.